The summed E-state index contributed by atoms with van der Waals surface area (Å²) in [6, 6.07) is 27.6. The van der Waals surface area contributed by atoms with Crippen molar-refractivity contribution in [2.45, 2.75) is 37.3 Å². The summed E-state index contributed by atoms with van der Waals surface area (Å²) in [6.45, 7) is 2.39. The van der Waals surface area contributed by atoms with E-state index >= 15 is 0 Å². The van der Waals surface area contributed by atoms with Crippen LogP contribution >= 0.6 is 0 Å². The van der Waals surface area contributed by atoms with E-state index in [4.69, 9.17) is 0 Å². The van der Waals surface area contributed by atoms with Gasteiger partial charge in [0, 0.05) is 29.3 Å². The van der Waals surface area contributed by atoms with Gasteiger partial charge >= 0.3 is 0 Å². The second-order valence-electron chi connectivity index (χ2n) is 9.21. The zero-order valence-electron chi connectivity index (χ0n) is 18.6. The number of piperidine rings is 1. The maximum atomic E-state index is 12.7. The average Bonchev–Trinajstić information content (AvgIpc) is 3.61. The van der Waals surface area contributed by atoms with Crippen LogP contribution in [0, 0.1) is 0 Å². The third-order valence-corrected chi connectivity index (χ3v) is 6.81. The van der Waals surface area contributed by atoms with E-state index in [0.717, 1.165) is 16.8 Å². The van der Waals surface area contributed by atoms with Gasteiger partial charge in [0.05, 0.1) is 0 Å². The number of carbonyl (C=O) groups excluding carboxylic acids is 1. The predicted molar refractivity (Wildman–Crippen MR) is 131 cm³/mol. The Hall–Kier alpha value is -2.95. The van der Waals surface area contributed by atoms with Gasteiger partial charge < -0.3 is 15.5 Å². The van der Waals surface area contributed by atoms with Gasteiger partial charge in [-0.2, -0.15) is 0 Å². The van der Waals surface area contributed by atoms with Gasteiger partial charge in [-0.25, -0.2) is 0 Å². The van der Waals surface area contributed by atoms with Crippen LogP contribution in [0.1, 0.15) is 41.1 Å². The Kier molecular flexibility index (Phi) is 6.06. The number of carbonyl (C=O) groups is 1. The van der Waals surface area contributed by atoms with Gasteiger partial charge in [-0.1, -0.05) is 54.6 Å². The second-order valence-corrected chi connectivity index (χ2v) is 9.21. The Labute approximate surface area is 190 Å². The zero-order valence-corrected chi connectivity index (χ0v) is 18.6. The fourth-order valence-corrected chi connectivity index (χ4v) is 4.69. The van der Waals surface area contributed by atoms with Crippen LogP contribution in [-0.2, 0) is 0 Å². The molecule has 3 aromatic rings. The molecule has 0 bridgehead atoms. The SMILES string of the molecule is CN1CCC(N[C@@H]2C[C@H]2c2ccc(NC(=O)c3ccc(-c4ccccc4)cc3)cc2)CC1. The number of rotatable bonds is 6. The van der Waals surface area contributed by atoms with Gasteiger partial charge in [-0.05, 0) is 80.4 Å². The molecule has 0 spiro atoms. The van der Waals surface area contributed by atoms with E-state index in [2.05, 4.69) is 46.8 Å². The molecule has 3 aromatic carbocycles. The van der Waals surface area contributed by atoms with Crippen molar-refractivity contribution in [3.63, 3.8) is 0 Å². The molecule has 32 heavy (non-hydrogen) atoms. The van der Waals surface area contributed by atoms with Crippen LogP contribution in [-0.4, -0.2) is 43.0 Å². The highest BCUT2D eigenvalue weighted by molar-refractivity contribution is 6.04. The summed E-state index contributed by atoms with van der Waals surface area (Å²) in [7, 11) is 2.20. The largest absolute Gasteiger partial charge is 0.322 e. The molecule has 0 unspecified atom stereocenters. The molecule has 5 rings (SSSR count). The second kappa shape index (κ2) is 9.27. The summed E-state index contributed by atoms with van der Waals surface area (Å²) in [6.07, 6.45) is 3.71. The third-order valence-electron chi connectivity index (χ3n) is 6.81. The maximum Gasteiger partial charge on any atom is 0.255 e. The number of benzene rings is 3. The van der Waals surface area contributed by atoms with Crippen LogP contribution in [0.25, 0.3) is 11.1 Å². The number of anilines is 1. The summed E-state index contributed by atoms with van der Waals surface area (Å²) in [5.41, 5.74) is 5.13. The number of nitrogens with one attached hydrogen (secondary N) is 2. The Balaban J connectivity index is 1.14. The van der Waals surface area contributed by atoms with Gasteiger partial charge in [0.1, 0.15) is 0 Å². The highest BCUT2D eigenvalue weighted by atomic mass is 16.1. The van der Waals surface area contributed by atoms with Gasteiger partial charge in [0.25, 0.3) is 5.91 Å². The van der Waals surface area contributed by atoms with Crippen LogP contribution in [0.5, 0.6) is 0 Å². The van der Waals surface area contributed by atoms with E-state index in [9.17, 15) is 4.79 Å². The summed E-state index contributed by atoms with van der Waals surface area (Å²) >= 11 is 0. The Morgan fingerprint density at radius 3 is 2.19 bits per heavy atom. The van der Waals surface area contributed by atoms with Gasteiger partial charge in [-0.3, -0.25) is 4.79 Å². The number of hydrogen-bond donors (Lipinski definition) is 2. The highest BCUT2D eigenvalue weighted by Gasteiger charge is 2.39. The topological polar surface area (TPSA) is 44.4 Å². The van der Waals surface area contributed by atoms with Crippen molar-refractivity contribution in [1.82, 2.24) is 10.2 Å². The molecule has 2 atom stereocenters. The molecule has 4 heteroatoms. The monoisotopic (exact) mass is 425 g/mol. The van der Waals surface area contributed by atoms with Crippen molar-refractivity contribution in [3.05, 3.63) is 90.0 Å². The minimum Gasteiger partial charge on any atom is -0.322 e. The van der Waals surface area contributed by atoms with E-state index in [1.807, 2.05) is 54.6 Å². The van der Waals surface area contributed by atoms with Crippen molar-refractivity contribution >= 4 is 11.6 Å². The number of likely N-dealkylation sites (tertiary alicyclic amines) is 1. The van der Waals surface area contributed by atoms with Crippen molar-refractivity contribution in [2.75, 3.05) is 25.5 Å². The molecule has 4 nitrogen and oxygen atoms in total. The fraction of sp³-hybridized carbons (Fsp3) is 0.321. The van der Waals surface area contributed by atoms with E-state index in [1.165, 1.54) is 37.9 Å². The first kappa shape index (κ1) is 20.9. The van der Waals surface area contributed by atoms with Crippen LogP contribution in [0.3, 0.4) is 0 Å². The van der Waals surface area contributed by atoms with Crippen molar-refractivity contribution in [3.8, 4) is 11.1 Å². The van der Waals surface area contributed by atoms with Gasteiger partial charge in [-0.15, -0.1) is 0 Å². The minimum absolute atomic E-state index is 0.0782. The fourth-order valence-electron chi connectivity index (χ4n) is 4.69. The lowest BCUT2D eigenvalue weighted by Gasteiger charge is -2.29. The van der Waals surface area contributed by atoms with Gasteiger partial charge in [0.15, 0.2) is 0 Å². The molecule has 1 aliphatic heterocycles. The zero-order chi connectivity index (χ0) is 21.9. The smallest absolute Gasteiger partial charge is 0.255 e. The van der Waals surface area contributed by atoms with E-state index in [0.29, 0.717) is 23.6 Å². The molecular weight excluding hydrogens is 394 g/mol. The molecule has 164 valence electrons. The lowest BCUT2D eigenvalue weighted by Crippen LogP contribution is -2.41. The van der Waals surface area contributed by atoms with E-state index in [1.54, 1.807) is 0 Å². The third kappa shape index (κ3) is 4.93. The molecule has 2 N–H and O–H groups in total. The first-order valence-electron chi connectivity index (χ1n) is 11.7. The van der Waals surface area contributed by atoms with Crippen LogP contribution in [0.4, 0.5) is 5.69 Å². The molecule has 0 aromatic heterocycles. The molecule has 1 heterocycles. The molecule has 1 saturated carbocycles. The maximum absolute atomic E-state index is 12.7. The first-order valence-corrected chi connectivity index (χ1v) is 11.7. The molecule has 1 amide bonds. The summed E-state index contributed by atoms with van der Waals surface area (Å²) in [5, 5.41) is 6.88. The van der Waals surface area contributed by atoms with Crippen molar-refractivity contribution < 1.29 is 4.79 Å². The Morgan fingerprint density at radius 1 is 0.844 bits per heavy atom. The molecule has 1 saturated heterocycles. The molecule has 1 aliphatic carbocycles. The van der Waals surface area contributed by atoms with Crippen molar-refractivity contribution in [1.29, 1.82) is 0 Å². The normalized spacial score (nSPS) is 21.3. The van der Waals surface area contributed by atoms with Crippen LogP contribution < -0.4 is 10.6 Å². The lowest BCUT2D eigenvalue weighted by atomic mass is 10.0. The Morgan fingerprint density at radius 2 is 1.50 bits per heavy atom. The standard InChI is InChI=1S/C28H31N3O/c1-31-17-15-25(16-18-31)29-27-19-26(27)22-11-13-24(14-12-22)30-28(32)23-9-7-21(8-10-23)20-5-3-2-4-6-20/h2-14,25-27,29H,15-19H2,1H3,(H,30,32)/t26-,27+/m0/s1. The van der Waals surface area contributed by atoms with Crippen molar-refractivity contribution in [2.24, 2.45) is 0 Å². The van der Waals surface area contributed by atoms with E-state index < -0.39 is 0 Å². The first-order chi connectivity index (χ1) is 15.7. The predicted octanol–water partition coefficient (Wildman–Crippen LogP) is 5.15. The molecule has 2 aliphatic rings. The average molecular weight is 426 g/mol. The van der Waals surface area contributed by atoms with Gasteiger partial charge in [0.2, 0.25) is 0 Å². The molecule has 2 fully saturated rings. The Bertz CT molecular complexity index is 1040. The molecular formula is C28H31N3O. The van der Waals surface area contributed by atoms with Crippen LogP contribution in [0.2, 0.25) is 0 Å². The summed E-state index contributed by atoms with van der Waals surface area (Å²) in [4.78, 5) is 15.1. The number of hydrogen-bond acceptors (Lipinski definition) is 3. The minimum atomic E-state index is -0.0782. The number of amides is 1. The van der Waals surface area contributed by atoms with E-state index in [-0.39, 0.29) is 5.91 Å². The summed E-state index contributed by atoms with van der Waals surface area (Å²) in [5.74, 6) is 0.524. The van der Waals surface area contributed by atoms with Crippen LogP contribution in [0.15, 0.2) is 78.9 Å². The lowest BCUT2D eigenvalue weighted by molar-refractivity contribution is 0.102. The number of nitrogens with zero attached hydrogens (tertiary/aromatic N) is 1. The molecule has 0 radical (unpaired) electrons. The quantitative estimate of drug-likeness (QED) is 0.574. The highest BCUT2D eigenvalue weighted by Crippen LogP contribution is 2.41. The summed E-state index contributed by atoms with van der Waals surface area (Å²) < 4.78 is 0.